The fourth-order valence-electron chi connectivity index (χ4n) is 1.87. The molecule has 3 rings (SSSR count). The van der Waals surface area contributed by atoms with Crippen molar-refractivity contribution in [3.05, 3.63) is 64.8 Å². The predicted octanol–water partition coefficient (Wildman–Crippen LogP) is 5.92. The first-order valence-corrected chi connectivity index (χ1v) is 7.29. The predicted molar refractivity (Wildman–Crippen MR) is 81.2 cm³/mol. The van der Waals surface area contributed by atoms with Crippen molar-refractivity contribution in [3.63, 3.8) is 0 Å². The van der Waals surface area contributed by atoms with Crippen LogP contribution in [0.25, 0.3) is 11.5 Å². The van der Waals surface area contributed by atoms with Crippen LogP contribution in [0.4, 0.5) is 13.2 Å². The maximum atomic E-state index is 13.1. The van der Waals surface area contributed by atoms with Crippen LogP contribution in [0.5, 0.6) is 11.7 Å². The van der Waals surface area contributed by atoms with E-state index in [0.717, 1.165) is 4.47 Å². The molecule has 23 heavy (non-hydrogen) atoms. The maximum Gasteiger partial charge on any atom is 0.440 e. The average molecular weight is 384 g/mol. The van der Waals surface area contributed by atoms with Gasteiger partial charge in [-0.05, 0) is 36.4 Å². The quantitative estimate of drug-likeness (QED) is 0.563. The molecule has 0 bridgehead atoms. The molecule has 0 aliphatic heterocycles. The minimum atomic E-state index is -4.68. The van der Waals surface area contributed by atoms with Gasteiger partial charge >= 0.3 is 12.1 Å². The summed E-state index contributed by atoms with van der Waals surface area (Å²) in [6.45, 7) is 0. The Morgan fingerprint density at radius 3 is 2.22 bits per heavy atom. The lowest BCUT2D eigenvalue weighted by molar-refractivity contribution is -0.142. The molecule has 0 atom stereocenters. The Balaban J connectivity index is 2.01. The number of benzene rings is 2. The van der Waals surface area contributed by atoms with Gasteiger partial charge in [0.1, 0.15) is 5.75 Å². The highest BCUT2D eigenvalue weighted by atomic mass is 79.9. The lowest BCUT2D eigenvalue weighted by Crippen LogP contribution is -2.07. The van der Waals surface area contributed by atoms with Crippen molar-refractivity contribution < 1.29 is 22.3 Å². The number of ether oxygens (including phenoxy) is 1. The third-order valence-corrected chi connectivity index (χ3v) is 3.44. The van der Waals surface area contributed by atoms with Crippen LogP contribution < -0.4 is 4.74 Å². The molecule has 0 radical (unpaired) electrons. The summed E-state index contributed by atoms with van der Waals surface area (Å²) in [5, 5.41) is 0. The normalized spacial score (nSPS) is 11.5. The summed E-state index contributed by atoms with van der Waals surface area (Å²) >= 11 is 3.24. The maximum absolute atomic E-state index is 13.1. The molecule has 0 unspecified atom stereocenters. The zero-order valence-electron chi connectivity index (χ0n) is 11.5. The van der Waals surface area contributed by atoms with Crippen molar-refractivity contribution in [3.8, 4) is 23.1 Å². The summed E-state index contributed by atoms with van der Waals surface area (Å²) in [5.41, 5.74) is -0.761. The first-order valence-electron chi connectivity index (χ1n) is 6.50. The van der Waals surface area contributed by atoms with Crippen LogP contribution in [0.3, 0.4) is 0 Å². The highest BCUT2D eigenvalue weighted by molar-refractivity contribution is 9.10. The lowest BCUT2D eigenvalue weighted by Gasteiger charge is -2.06. The summed E-state index contributed by atoms with van der Waals surface area (Å²) in [5.74, 6) is -0.613. The van der Waals surface area contributed by atoms with Crippen LogP contribution in [0.2, 0.25) is 0 Å². The highest BCUT2D eigenvalue weighted by Gasteiger charge is 2.40. The van der Waals surface area contributed by atoms with Gasteiger partial charge in [0, 0.05) is 10.0 Å². The zero-order valence-corrected chi connectivity index (χ0v) is 13.1. The van der Waals surface area contributed by atoms with Gasteiger partial charge in [0.25, 0.3) is 0 Å². The standard InChI is InChI=1S/C16H9BrF3NO2/c17-11-6-8-12(9-7-11)22-15-13(16(18,19)20)21-14(23-15)10-4-2-1-3-5-10/h1-9H. The Morgan fingerprint density at radius 1 is 0.957 bits per heavy atom. The second kappa shape index (κ2) is 6.08. The van der Waals surface area contributed by atoms with E-state index in [4.69, 9.17) is 9.15 Å². The molecule has 0 amide bonds. The van der Waals surface area contributed by atoms with E-state index in [1.807, 2.05) is 0 Å². The minimum Gasteiger partial charge on any atom is -0.424 e. The van der Waals surface area contributed by atoms with E-state index in [2.05, 4.69) is 20.9 Å². The van der Waals surface area contributed by atoms with Gasteiger partial charge in [-0.3, -0.25) is 0 Å². The Bertz CT molecular complexity index is 798. The number of hydrogen-bond acceptors (Lipinski definition) is 3. The summed E-state index contributed by atoms with van der Waals surface area (Å²) in [6.07, 6.45) is -4.68. The number of alkyl halides is 3. The number of aromatic nitrogens is 1. The Kier molecular flexibility index (Phi) is 4.12. The van der Waals surface area contributed by atoms with Gasteiger partial charge in [-0.25, -0.2) is 4.98 Å². The highest BCUT2D eigenvalue weighted by Crippen LogP contribution is 2.40. The topological polar surface area (TPSA) is 35.3 Å². The van der Waals surface area contributed by atoms with Crippen LogP contribution in [0, 0.1) is 0 Å². The molecule has 1 aromatic heterocycles. The van der Waals surface area contributed by atoms with Crippen molar-refractivity contribution in [2.45, 2.75) is 6.18 Å². The Morgan fingerprint density at radius 2 is 1.61 bits per heavy atom. The van der Waals surface area contributed by atoms with E-state index in [-0.39, 0.29) is 11.6 Å². The average Bonchev–Trinajstić information content (AvgIpc) is 2.95. The first kappa shape index (κ1) is 15.6. The Hall–Kier alpha value is -2.28. The van der Waals surface area contributed by atoms with Gasteiger partial charge in [-0.15, -0.1) is 0 Å². The van der Waals surface area contributed by atoms with E-state index < -0.39 is 17.8 Å². The summed E-state index contributed by atoms with van der Waals surface area (Å²) < 4.78 is 50.6. The molecule has 0 aliphatic rings. The summed E-state index contributed by atoms with van der Waals surface area (Å²) in [7, 11) is 0. The molecular weight excluding hydrogens is 375 g/mol. The molecule has 3 aromatic rings. The van der Waals surface area contributed by atoms with Crippen molar-refractivity contribution in [2.24, 2.45) is 0 Å². The van der Waals surface area contributed by atoms with Gasteiger partial charge in [0.2, 0.25) is 11.6 Å². The van der Waals surface area contributed by atoms with Crippen LogP contribution in [-0.2, 0) is 6.18 Å². The third kappa shape index (κ3) is 3.56. The number of oxazole rings is 1. The summed E-state index contributed by atoms with van der Waals surface area (Å²) in [6, 6.07) is 14.7. The molecule has 2 aromatic carbocycles. The second-order valence-electron chi connectivity index (χ2n) is 4.57. The zero-order chi connectivity index (χ0) is 16.4. The van der Waals surface area contributed by atoms with Crippen molar-refractivity contribution in [1.82, 2.24) is 4.98 Å². The summed E-state index contributed by atoms with van der Waals surface area (Å²) in [4.78, 5) is 3.54. The second-order valence-corrected chi connectivity index (χ2v) is 5.49. The fraction of sp³-hybridized carbons (Fsp3) is 0.0625. The van der Waals surface area contributed by atoms with Crippen molar-refractivity contribution in [2.75, 3.05) is 0 Å². The van der Waals surface area contributed by atoms with Crippen molar-refractivity contribution >= 4 is 15.9 Å². The number of hydrogen-bond donors (Lipinski definition) is 0. The van der Waals surface area contributed by atoms with Crippen LogP contribution in [0.15, 0.2) is 63.5 Å². The fourth-order valence-corrected chi connectivity index (χ4v) is 2.13. The van der Waals surface area contributed by atoms with E-state index in [0.29, 0.717) is 5.56 Å². The molecule has 3 nitrogen and oxygen atoms in total. The molecule has 0 fully saturated rings. The monoisotopic (exact) mass is 383 g/mol. The molecule has 0 aliphatic carbocycles. The molecule has 1 heterocycles. The minimum absolute atomic E-state index is 0.148. The molecule has 0 N–H and O–H groups in total. The molecule has 0 saturated carbocycles. The number of nitrogens with zero attached hydrogens (tertiary/aromatic N) is 1. The van der Waals surface area contributed by atoms with Gasteiger partial charge in [-0.2, -0.15) is 13.2 Å². The van der Waals surface area contributed by atoms with Gasteiger partial charge in [0.15, 0.2) is 0 Å². The largest absolute Gasteiger partial charge is 0.440 e. The van der Waals surface area contributed by atoms with E-state index >= 15 is 0 Å². The lowest BCUT2D eigenvalue weighted by atomic mass is 10.2. The third-order valence-electron chi connectivity index (χ3n) is 2.91. The van der Waals surface area contributed by atoms with E-state index in [9.17, 15) is 13.2 Å². The SMILES string of the molecule is FC(F)(F)c1nc(-c2ccccc2)oc1Oc1ccc(Br)cc1. The first-order chi connectivity index (χ1) is 10.9. The van der Waals surface area contributed by atoms with Gasteiger partial charge in [0.05, 0.1) is 0 Å². The molecule has 7 heteroatoms. The molecule has 118 valence electrons. The smallest absolute Gasteiger partial charge is 0.424 e. The molecular formula is C16H9BrF3NO2. The van der Waals surface area contributed by atoms with Crippen LogP contribution >= 0.6 is 15.9 Å². The van der Waals surface area contributed by atoms with Gasteiger partial charge in [-0.1, -0.05) is 34.1 Å². The van der Waals surface area contributed by atoms with E-state index in [1.54, 1.807) is 42.5 Å². The Labute approximate surface area is 137 Å². The van der Waals surface area contributed by atoms with Crippen molar-refractivity contribution in [1.29, 1.82) is 0 Å². The van der Waals surface area contributed by atoms with Gasteiger partial charge < -0.3 is 9.15 Å². The van der Waals surface area contributed by atoms with Crippen LogP contribution in [0.1, 0.15) is 5.69 Å². The molecule has 0 spiro atoms. The molecule has 0 saturated heterocycles. The van der Waals surface area contributed by atoms with E-state index in [1.165, 1.54) is 12.1 Å². The number of halogens is 4. The van der Waals surface area contributed by atoms with Crippen LogP contribution in [-0.4, -0.2) is 4.98 Å². The number of rotatable bonds is 3.